The highest BCUT2D eigenvalue weighted by atomic mass is 32.1. The minimum atomic E-state index is -0.394. The molecule has 0 fully saturated rings. The van der Waals surface area contributed by atoms with E-state index in [1.165, 1.54) is 17.4 Å². The highest BCUT2D eigenvalue weighted by molar-refractivity contribution is 7.12. The number of halogens is 1. The van der Waals surface area contributed by atoms with E-state index in [4.69, 9.17) is 4.74 Å². The maximum Gasteiger partial charge on any atom is 0.261 e. The molecule has 3 nitrogen and oxygen atoms in total. The quantitative estimate of drug-likeness (QED) is 0.610. The second kappa shape index (κ2) is 8.63. The zero-order valence-corrected chi connectivity index (χ0v) is 15.3. The van der Waals surface area contributed by atoms with E-state index in [0.29, 0.717) is 4.88 Å². The summed E-state index contributed by atoms with van der Waals surface area (Å²) in [6, 6.07) is 18.0. The molecule has 5 heteroatoms. The number of carbonyl (C=O) groups is 1. The van der Waals surface area contributed by atoms with Crippen molar-refractivity contribution in [2.75, 3.05) is 0 Å². The van der Waals surface area contributed by atoms with Crippen molar-refractivity contribution in [2.45, 2.75) is 26.0 Å². The van der Waals surface area contributed by atoms with Crippen LogP contribution in [0.3, 0.4) is 0 Å². The van der Waals surface area contributed by atoms with Gasteiger partial charge in [0.15, 0.2) is 11.6 Å². The first kappa shape index (κ1) is 18.1. The third kappa shape index (κ3) is 4.49. The van der Waals surface area contributed by atoms with Crippen molar-refractivity contribution in [3.63, 3.8) is 0 Å². The number of hydrogen-bond acceptors (Lipinski definition) is 3. The Bertz CT molecular complexity index is 863. The van der Waals surface area contributed by atoms with Crippen LogP contribution in [0.2, 0.25) is 0 Å². The lowest BCUT2D eigenvalue weighted by Gasteiger charge is -2.16. The Kier molecular flexibility index (Phi) is 6.02. The summed E-state index contributed by atoms with van der Waals surface area (Å²) in [6.45, 7) is 2.26. The lowest BCUT2D eigenvalue weighted by Crippen LogP contribution is -2.27. The first-order valence-corrected chi connectivity index (χ1v) is 9.36. The third-order valence-corrected chi connectivity index (χ3v) is 5.00. The summed E-state index contributed by atoms with van der Waals surface area (Å²) in [5, 5.41) is 4.93. The second-order valence-corrected chi connectivity index (χ2v) is 6.79. The molecule has 0 spiro atoms. The SMILES string of the molecule is CCC(NC(=O)c1cc(COc2ccccc2F)cs1)c1ccccc1. The smallest absolute Gasteiger partial charge is 0.261 e. The number of amides is 1. The van der Waals surface area contributed by atoms with Crippen molar-refractivity contribution >= 4 is 17.2 Å². The van der Waals surface area contributed by atoms with Crippen LogP contribution >= 0.6 is 11.3 Å². The van der Waals surface area contributed by atoms with Gasteiger partial charge in [0.25, 0.3) is 5.91 Å². The van der Waals surface area contributed by atoms with Gasteiger partial charge in [-0.15, -0.1) is 11.3 Å². The molecule has 2 aromatic carbocycles. The van der Waals surface area contributed by atoms with Gasteiger partial charge in [-0.3, -0.25) is 4.79 Å². The number of benzene rings is 2. The average Bonchev–Trinajstić information content (AvgIpc) is 3.15. The van der Waals surface area contributed by atoms with E-state index in [-0.39, 0.29) is 24.3 Å². The number of ether oxygens (including phenoxy) is 1. The Labute approximate surface area is 156 Å². The maximum atomic E-state index is 13.6. The van der Waals surface area contributed by atoms with Gasteiger partial charge in [-0.25, -0.2) is 4.39 Å². The van der Waals surface area contributed by atoms with Gasteiger partial charge >= 0.3 is 0 Å². The Balaban J connectivity index is 1.61. The molecule has 3 aromatic rings. The van der Waals surface area contributed by atoms with Crippen LogP contribution in [0.5, 0.6) is 5.75 Å². The van der Waals surface area contributed by atoms with Crippen molar-refractivity contribution in [1.29, 1.82) is 0 Å². The van der Waals surface area contributed by atoms with E-state index in [0.717, 1.165) is 17.5 Å². The van der Waals surface area contributed by atoms with Crippen molar-refractivity contribution in [2.24, 2.45) is 0 Å². The van der Waals surface area contributed by atoms with Crippen molar-refractivity contribution in [3.8, 4) is 5.75 Å². The van der Waals surface area contributed by atoms with E-state index in [9.17, 15) is 9.18 Å². The van der Waals surface area contributed by atoms with Gasteiger partial charge < -0.3 is 10.1 Å². The Morgan fingerprint density at radius 1 is 1.15 bits per heavy atom. The lowest BCUT2D eigenvalue weighted by molar-refractivity contribution is 0.0939. The second-order valence-electron chi connectivity index (χ2n) is 5.88. The third-order valence-electron chi connectivity index (χ3n) is 4.02. The Hall–Kier alpha value is -2.66. The number of hydrogen-bond donors (Lipinski definition) is 1. The van der Waals surface area contributed by atoms with Crippen molar-refractivity contribution in [1.82, 2.24) is 5.32 Å². The molecular formula is C21H20FNO2S. The fraction of sp³-hybridized carbons (Fsp3) is 0.190. The van der Waals surface area contributed by atoms with Crippen LogP contribution in [-0.2, 0) is 6.61 Å². The average molecular weight is 369 g/mol. The van der Waals surface area contributed by atoms with Gasteiger partial charge in [-0.2, -0.15) is 0 Å². The minimum Gasteiger partial charge on any atom is -0.486 e. The predicted octanol–water partition coefficient (Wildman–Crippen LogP) is 5.35. The van der Waals surface area contributed by atoms with Gasteiger partial charge in [0.2, 0.25) is 0 Å². The Morgan fingerprint density at radius 2 is 1.88 bits per heavy atom. The molecular weight excluding hydrogens is 349 g/mol. The minimum absolute atomic E-state index is 0.0242. The predicted molar refractivity (Wildman–Crippen MR) is 102 cm³/mol. The van der Waals surface area contributed by atoms with Gasteiger partial charge in [0.05, 0.1) is 10.9 Å². The number of thiophene rings is 1. The van der Waals surface area contributed by atoms with E-state index >= 15 is 0 Å². The number of rotatable bonds is 7. The summed E-state index contributed by atoms with van der Waals surface area (Å²) >= 11 is 1.36. The standard InChI is InChI=1S/C21H20FNO2S/c1-2-18(16-8-4-3-5-9-16)23-21(24)20-12-15(14-26-20)13-25-19-11-7-6-10-17(19)22/h3-12,14,18H,2,13H2,1H3,(H,23,24). The molecule has 1 amide bonds. The molecule has 1 N–H and O–H groups in total. The monoisotopic (exact) mass is 369 g/mol. The zero-order valence-electron chi connectivity index (χ0n) is 14.4. The summed E-state index contributed by atoms with van der Waals surface area (Å²) in [7, 11) is 0. The fourth-order valence-electron chi connectivity index (χ4n) is 2.63. The molecule has 134 valence electrons. The highest BCUT2D eigenvalue weighted by Crippen LogP contribution is 2.22. The van der Waals surface area contributed by atoms with Gasteiger partial charge in [-0.1, -0.05) is 49.4 Å². The molecule has 1 aromatic heterocycles. The molecule has 0 radical (unpaired) electrons. The molecule has 1 unspecified atom stereocenters. The molecule has 0 saturated heterocycles. The molecule has 0 aliphatic heterocycles. The maximum absolute atomic E-state index is 13.6. The summed E-state index contributed by atoms with van der Waals surface area (Å²) < 4.78 is 19.1. The number of carbonyl (C=O) groups excluding carboxylic acids is 1. The van der Waals surface area contributed by atoms with E-state index in [2.05, 4.69) is 5.32 Å². The molecule has 3 rings (SSSR count). The summed E-state index contributed by atoms with van der Waals surface area (Å²) in [4.78, 5) is 13.1. The van der Waals surface area contributed by atoms with Crippen LogP contribution in [0.4, 0.5) is 4.39 Å². The van der Waals surface area contributed by atoms with Crippen LogP contribution in [0.1, 0.15) is 40.2 Å². The zero-order chi connectivity index (χ0) is 18.4. The van der Waals surface area contributed by atoms with Gasteiger partial charge in [0.1, 0.15) is 6.61 Å². The van der Waals surface area contributed by atoms with Crippen molar-refractivity contribution in [3.05, 3.63) is 87.9 Å². The van der Waals surface area contributed by atoms with Crippen molar-refractivity contribution < 1.29 is 13.9 Å². The van der Waals surface area contributed by atoms with Crippen LogP contribution in [0, 0.1) is 5.82 Å². The summed E-state index contributed by atoms with van der Waals surface area (Å²) in [5.74, 6) is -0.294. The molecule has 0 aliphatic carbocycles. The van der Waals surface area contributed by atoms with E-state index in [1.54, 1.807) is 24.3 Å². The first-order valence-electron chi connectivity index (χ1n) is 8.48. The summed E-state index contributed by atoms with van der Waals surface area (Å²) in [5.41, 5.74) is 1.93. The van der Waals surface area contributed by atoms with Crippen LogP contribution in [0.15, 0.2) is 66.0 Å². The van der Waals surface area contributed by atoms with E-state index in [1.807, 2.05) is 42.6 Å². The van der Waals surface area contributed by atoms with E-state index < -0.39 is 5.82 Å². The lowest BCUT2D eigenvalue weighted by atomic mass is 10.0. The molecule has 26 heavy (non-hydrogen) atoms. The topological polar surface area (TPSA) is 38.3 Å². The highest BCUT2D eigenvalue weighted by Gasteiger charge is 2.15. The molecule has 1 heterocycles. The largest absolute Gasteiger partial charge is 0.486 e. The number of nitrogens with one attached hydrogen (secondary N) is 1. The molecule has 1 atom stereocenters. The first-order chi connectivity index (χ1) is 12.7. The van der Waals surface area contributed by atoms with Crippen LogP contribution < -0.4 is 10.1 Å². The van der Waals surface area contributed by atoms with Crippen LogP contribution in [0.25, 0.3) is 0 Å². The van der Waals surface area contributed by atoms with Crippen LogP contribution in [-0.4, -0.2) is 5.91 Å². The Morgan fingerprint density at radius 3 is 2.62 bits per heavy atom. The van der Waals surface area contributed by atoms with Gasteiger partial charge in [-0.05, 0) is 35.6 Å². The molecule has 0 saturated carbocycles. The molecule has 0 aliphatic rings. The normalized spacial score (nSPS) is 11.8. The fourth-order valence-corrected chi connectivity index (χ4v) is 3.43. The summed E-state index contributed by atoms with van der Waals surface area (Å²) in [6.07, 6.45) is 0.810. The van der Waals surface area contributed by atoms with Gasteiger partial charge in [0, 0.05) is 5.56 Å². The number of para-hydroxylation sites is 1. The molecule has 0 bridgehead atoms.